The first-order valence-electron chi connectivity index (χ1n) is 7.74. The molecule has 1 fully saturated rings. The Balaban J connectivity index is 1.86. The van der Waals surface area contributed by atoms with Crippen LogP contribution in [0.1, 0.15) is 20.7 Å². The normalized spacial score (nSPS) is 21.0. The average molecular weight is 362 g/mol. The highest BCUT2D eigenvalue weighted by atomic mass is 35.5. The van der Waals surface area contributed by atoms with Crippen LogP contribution < -0.4 is 0 Å². The zero-order chi connectivity index (χ0) is 17.3. The van der Waals surface area contributed by atoms with Gasteiger partial charge in [0.05, 0.1) is 0 Å². The van der Waals surface area contributed by atoms with Gasteiger partial charge in [0.1, 0.15) is 0 Å². The highest BCUT2D eigenvalue weighted by Crippen LogP contribution is 2.29. The number of likely N-dealkylation sites (tertiary alicyclic amines) is 1. The molecular formula is C19H17Cl2NO2. The van der Waals surface area contributed by atoms with Gasteiger partial charge in [-0.25, -0.2) is 0 Å². The number of hydrogen-bond donors (Lipinski definition) is 0. The Morgan fingerprint density at radius 1 is 0.792 bits per heavy atom. The van der Waals surface area contributed by atoms with E-state index < -0.39 is 0 Å². The molecule has 2 atom stereocenters. The fourth-order valence-corrected chi connectivity index (χ4v) is 3.44. The molecule has 0 bridgehead atoms. The van der Waals surface area contributed by atoms with Gasteiger partial charge in [-0.3, -0.25) is 9.59 Å². The molecular weight excluding hydrogens is 345 g/mol. The van der Waals surface area contributed by atoms with Crippen molar-refractivity contribution in [3.8, 4) is 0 Å². The van der Waals surface area contributed by atoms with Gasteiger partial charge < -0.3 is 4.90 Å². The first kappa shape index (κ1) is 17.2. The quantitative estimate of drug-likeness (QED) is 0.764. The number of hydrogen-bond acceptors (Lipinski definition) is 3. The third-order valence-electron chi connectivity index (χ3n) is 4.43. The molecule has 2 aromatic rings. The van der Waals surface area contributed by atoms with E-state index in [1.54, 1.807) is 48.5 Å². The van der Waals surface area contributed by atoms with E-state index in [0.29, 0.717) is 34.3 Å². The topological polar surface area (TPSA) is 37.4 Å². The molecule has 5 heteroatoms. The number of halogens is 2. The summed E-state index contributed by atoms with van der Waals surface area (Å²) in [5.41, 5.74) is 1.18. The molecule has 24 heavy (non-hydrogen) atoms. The van der Waals surface area contributed by atoms with Crippen molar-refractivity contribution < 1.29 is 9.59 Å². The van der Waals surface area contributed by atoms with Crippen LogP contribution in [0.5, 0.6) is 0 Å². The molecule has 0 spiro atoms. The van der Waals surface area contributed by atoms with Gasteiger partial charge in [-0.1, -0.05) is 23.2 Å². The lowest BCUT2D eigenvalue weighted by molar-refractivity contribution is 0.0809. The molecule has 0 saturated carbocycles. The summed E-state index contributed by atoms with van der Waals surface area (Å²) in [6.45, 7) is 1.15. The van der Waals surface area contributed by atoms with Crippen molar-refractivity contribution in [2.45, 2.75) is 0 Å². The minimum Gasteiger partial charge on any atom is -0.305 e. The summed E-state index contributed by atoms with van der Waals surface area (Å²) >= 11 is 11.8. The Labute approximate surface area is 151 Å². The van der Waals surface area contributed by atoms with E-state index in [9.17, 15) is 9.59 Å². The number of ketones is 2. The summed E-state index contributed by atoms with van der Waals surface area (Å²) in [5, 5.41) is 1.17. The second-order valence-corrected chi connectivity index (χ2v) is 7.05. The standard InChI is InChI=1S/C19H17Cl2NO2/c1-22-10-16(18(23)12-2-6-14(20)7-3-12)17(11-22)19(24)13-4-8-15(21)9-5-13/h2-9,16-17H,10-11H2,1H3/t16-,17+. The van der Waals surface area contributed by atoms with Gasteiger partial charge in [-0.15, -0.1) is 0 Å². The Hall–Kier alpha value is -1.68. The molecule has 1 aliphatic heterocycles. The van der Waals surface area contributed by atoms with Gasteiger partial charge in [0, 0.05) is 46.1 Å². The number of rotatable bonds is 4. The predicted molar refractivity (Wildman–Crippen MR) is 96.0 cm³/mol. The second-order valence-electron chi connectivity index (χ2n) is 6.18. The van der Waals surface area contributed by atoms with Crippen molar-refractivity contribution in [1.82, 2.24) is 4.90 Å². The monoisotopic (exact) mass is 361 g/mol. The van der Waals surface area contributed by atoms with Crippen molar-refractivity contribution in [1.29, 1.82) is 0 Å². The Bertz CT molecular complexity index is 690. The highest BCUT2D eigenvalue weighted by molar-refractivity contribution is 6.31. The van der Waals surface area contributed by atoms with E-state index in [4.69, 9.17) is 23.2 Å². The van der Waals surface area contributed by atoms with Gasteiger partial charge in [0.15, 0.2) is 11.6 Å². The van der Waals surface area contributed by atoms with Crippen molar-refractivity contribution in [2.24, 2.45) is 11.8 Å². The van der Waals surface area contributed by atoms with Crippen LogP contribution in [0.4, 0.5) is 0 Å². The first-order chi connectivity index (χ1) is 11.5. The van der Waals surface area contributed by atoms with Crippen LogP contribution in [0.2, 0.25) is 10.0 Å². The third kappa shape index (κ3) is 3.54. The van der Waals surface area contributed by atoms with E-state index in [2.05, 4.69) is 0 Å². The zero-order valence-electron chi connectivity index (χ0n) is 13.2. The molecule has 1 heterocycles. The fraction of sp³-hybridized carbons (Fsp3) is 0.263. The maximum absolute atomic E-state index is 12.9. The molecule has 0 radical (unpaired) electrons. The van der Waals surface area contributed by atoms with E-state index >= 15 is 0 Å². The van der Waals surface area contributed by atoms with Gasteiger partial charge in [-0.2, -0.15) is 0 Å². The highest BCUT2D eigenvalue weighted by Gasteiger charge is 2.40. The van der Waals surface area contributed by atoms with Crippen molar-refractivity contribution >= 4 is 34.8 Å². The van der Waals surface area contributed by atoms with Crippen molar-refractivity contribution in [2.75, 3.05) is 20.1 Å². The van der Waals surface area contributed by atoms with Crippen LogP contribution >= 0.6 is 23.2 Å². The molecule has 124 valence electrons. The third-order valence-corrected chi connectivity index (χ3v) is 4.94. The number of benzene rings is 2. The molecule has 0 aliphatic carbocycles. The smallest absolute Gasteiger partial charge is 0.168 e. The van der Waals surface area contributed by atoms with E-state index in [-0.39, 0.29) is 23.4 Å². The SMILES string of the molecule is CN1C[C@H](C(=O)c2ccc(Cl)cc2)[C@H](C(=O)c2ccc(Cl)cc2)C1. The molecule has 0 aromatic heterocycles. The van der Waals surface area contributed by atoms with Crippen LogP contribution in [-0.4, -0.2) is 36.6 Å². The molecule has 0 amide bonds. The summed E-state index contributed by atoms with van der Waals surface area (Å²) in [4.78, 5) is 27.7. The lowest BCUT2D eigenvalue weighted by Crippen LogP contribution is -2.29. The molecule has 2 aromatic carbocycles. The van der Waals surface area contributed by atoms with E-state index in [0.717, 1.165) is 0 Å². The Morgan fingerprint density at radius 2 is 1.12 bits per heavy atom. The predicted octanol–water partition coefficient (Wildman–Crippen LogP) is 4.24. The summed E-state index contributed by atoms with van der Waals surface area (Å²) in [6, 6.07) is 13.7. The van der Waals surface area contributed by atoms with Crippen LogP contribution in [0, 0.1) is 11.8 Å². The number of Topliss-reactive ketones (excluding diaryl/α,β-unsaturated/α-hetero) is 2. The maximum Gasteiger partial charge on any atom is 0.168 e. The number of nitrogens with zero attached hydrogens (tertiary/aromatic N) is 1. The molecule has 1 saturated heterocycles. The van der Waals surface area contributed by atoms with Crippen LogP contribution in [0.25, 0.3) is 0 Å². The van der Waals surface area contributed by atoms with Gasteiger partial charge in [0.25, 0.3) is 0 Å². The molecule has 3 nitrogen and oxygen atoms in total. The van der Waals surface area contributed by atoms with Crippen molar-refractivity contribution in [3.63, 3.8) is 0 Å². The molecule has 1 aliphatic rings. The molecule has 0 N–H and O–H groups in total. The number of carbonyl (C=O) groups excluding carboxylic acids is 2. The first-order valence-corrected chi connectivity index (χ1v) is 8.49. The van der Waals surface area contributed by atoms with Crippen molar-refractivity contribution in [3.05, 3.63) is 69.7 Å². The largest absolute Gasteiger partial charge is 0.305 e. The number of carbonyl (C=O) groups is 2. The second kappa shape index (κ2) is 7.06. The summed E-state index contributed by atoms with van der Waals surface area (Å²) < 4.78 is 0. The van der Waals surface area contributed by atoms with Gasteiger partial charge >= 0.3 is 0 Å². The summed E-state index contributed by atoms with van der Waals surface area (Å²) in [6.07, 6.45) is 0. The van der Waals surface area contributed by atoms with E-state index in [1.807, 2.05) is 11.9 Å². The maximum atomic E-state index is 12.9. The molecule has 3 rings (SSSR count). The van der Waals surface area contributed by atoms with Gasteiger partial charge in [0.2, 0.25) is 0 Å². The minimum absolute atomic E-state index is 0.0108. The van der Waals surface area contributed by atoms with Crippen LogP contribution in [0.3, 0.4) is 0 Å². The molecule has 0 unspecified atom stereocenters. The average Bonchev–Trinajstić information content (AvgIpc) is 2.97. The van der Waals surface area contributed by atoms with Gasteiger partial charge in [-0.05, 0) is 55.6 Å². The van der Waals surface area contributed by atoms with Crippen LogP contribution in [-0.2, 0) is 0 Å². The lowest BCUT2D eigenvalue weighted by atomic mass is 9.83. The summed E-state index contributed by atoms with van der Waals surface area (Å²) in [7, 11) is 1.93. The fourth-order valence-electron chi connectivity index (χ4n) is 3.19. The lowest BCUT2D eigenvalue weighted by Gasteiger charge is -2.16. The minimum atomic E-state index is -0.348. The van der Waals surface area contributed by atoms with E-state index in [1.165, 1.54) is 0 Å². The Morgan fingerprint density at radius 3 is 1.46 bits per heavy atom. The zero-order valence-corrected chi connectivity index (χ0v) is 14.7. The van der Waals surface area contributed by atoms with Crippen LogP contribution in [0.15, 0.2) is 48.5 Å². The summed E-state index contributed by atoms with van der Waals surface area (Å²) in [5.74, 6) is -0.717. The Kier molecular flexibility index (Phi) is 5.04.